The fourth-order valence-corrected chi connectivity index (χ4v) is 2.89. The Kier molecular flexibility index (Phi) is 4.53. The van der Waals surface area contributed by atoms with Crippen molar-refractivity contribution in [1.82, 2.24) is 9.97 Å². The summed E-state index contributed by atoms with van der Waals surface area (Å²) in [6.07, 6.45) is 0. The normalized spacial score (nSPS) is 11.1. The largest absolute Gasteiger partial charge is 0.383 e. The molecule has 0 unspecified atom stereocenters. The van der Waals surface area contributed by atoms with Crippen LogP contribution in [0.3, 0.4) is 0 Å². The fourth-order valence-electron chi connectivity index (χ4n) is 1.65. The third-order valence-electron chi connectivity index (χ3n) is 2.62. The minimum absolute atomic E-state index is 0.258. The van der Waals surface area contributed by atoms with E-state index < -0.39 is 0 Å². The van der Waals surface area contributed by atoms with Crippen molar-refractivity contribution in [3.63, 3.8) is 0 Å². The van der Waals surface area contributed by atoms with Gasteiger partial charge in [-0.2, -0.15) is 0 Å². The smallest absolute Gasteiger partial charge is 0.163 e. The molecule has 2 rings (SSSR count). The molecule has 0 bridgehead atoms. The second kappa shape index (κ2) is 5.81. The average Bonchev–Trinajstić information content (AvgIpc) is 2.35. The Morgan fingerprint density at radius 2 is 1.89 bits per heavy atom. The van der Waals surface area contributed by atoms with Crippen LogP contribution in [-0.2, 0) is 0 Å². The molecule has 0 radical (unpaired) electrons. The lowest BCUT2D eigenvalue weighted by atomic mass is 10.1. The summed E-state index contributed by atoms with van der Waals surface area (Å²) in [5.74, 6) is 1.23. The monoisotopic (exact) mass is 407 g/mol. The van der Waals surface area contributed by atoms with Gasteiger partial charge in [0.15, 0.2) is 5.82 Å². The van der Waals surface area contributed by atoms with Crippen molar-refractivity contribution in [2.24, 2.45) is 0 Å². The summed E-state index contributed by atoms with van der Waals surface area (Å²) in [4.78, 5) is 8.87. The number of aromatic nitrogens is 2. The predicted octanol–water partition coefficient (Wildman–Crippen LogP) is 4.76. The molecule has 2 N–H and O–H groups in total. The van der Waals surface area contributed by atoms with Gasteiger partial charge in [-0.1, -0.05) is 37.0 Å². The highest BCUT2D eigenvalue weighted by Crippen LogP contribution is 2.31. The number of nitrogen functional groups attached to an aromatic ring is 1. The molecule has 2 aromatic rings. The summed E-state index contributed by atoms with van der Waals surface area (Å²) in [7, 11) is 0. The quantitative estimate of drug-likeness (QED) is 0.730. The van der Waals surface area contributed by atoms with Gasteiger partial charge in [-0.3, -0.25) is 0 Å². The molecule has 1 aromatic carbocycles. The SMILES string of the molecule is CC(C)c1nc(-c2cc(Cl)ccc2Cl)nc(N)c1I. The molecule has 0 saturated heterocycles. The molecular formula is C13H12Cl2IN3. The first-order chi connectivity index (χ1) is 8.90. The van der Waals surface area contributed by atoms with Gasteiger partial charge in [0.1, 0.15) is 5.82 Å². The third-order valence-corrected chi connectivity index (χ3v) is 4.29. The molecule has 0 amide bonds. The highest BCUT2D eigenvalue weighted by molar-refractivity contribution is 14.1. The van der Waals surface area contributed by atoms with Crippen molar-refractivity contribution in [1.29, 1.82) is 0 Å². The maximum Gasteiger partial charge on any atom is 0.163 e. The lowest BCUT2D eigenvalue weighted by Crippen LogP contribution is -2.06. The zero-order chi connectivity index (χ0) is 14.2. The Hall–Kier alpha value is -0.590. The van der Waals surface area contributed by atoms with Crippen LogP contribution < -0.4 is 5.73 Å². The van der Waals surface area contributed by atoms with E-state index in [2.05, 4.69) is 46.4 Å². The zero-order valence-corrected chi connectivity index (χ0v) is 14.1. The fraction of sp³-hybridized carbons (Fsp3) is 0.231. The summed E-state index contributed by atoms with van der Waals surface area (Å²) in [6.45, 7) is 4.13. The molecule has 1 aromatic heterocycles. The van der Waals surface area contributed by atoms with E-state index in [9.17, 15) is 0 Å². The summed E-state index contributed by atoms with van der Waals surface area (Å²) < 4.78 is 0.884. The predicted molar refractivity (Wildman–Crippen MR) is 88.7 cm³/mol. The van der Waals surface area contributed by atoms with Crippen molar-refractivity contribution in [2.75, 3.05) is 5.73 Å². The number of hydrogen-bond donors (Lipinski definition) is 1. The molecule has 6 heteroatoms. The van der Waals surface area contributed by atoms with Crippen LogP contribution >= 0.6 is 45.8 Å². The summed E-state index contributed by atoms with van der Waals surface area (Å²) >= 11 is 14.3. The van der Waals surface area contributed by atoms with Crippen molar-refractivity contribution < 1.29 is 0 Å². The molecule has 100 valence electrons. The van der Waals surface area contributed by atoms with Gasteiger partial charge in [-0.05, 0) is 46.7 Å². The highest BCUT2D eigenvalue weighted by atomic mass is 127. The lowest BCUT2D eigenvalue weighted by Gasteiger charge is -2.12. The molecule has 1 heterocycles. The second-order valence-corrected chi connectivity index (χ2v) is 6.33. The Labute approximate surface area is 135 Å². The van der Waals surface area contributed by atoms with Gasteiger partial charge in [-0.25, -0.2) is 9.97 Å². The van der Waals surface area contributed by atoms with Crippen LogP contribution in [0.5, 0.6) is 0 Å². The van der Waals surface area contributed by atoms with Gasteiger partial charge in [0, 0.05) is 10.6 Å². The van der Waals surface area contributed by atoms with Crippen LogP contribution in [0.25, 0.3) is 11.4 Å². The van der Waals surface area contributed by atoms with Crippen LogP contribution in [0.4, 0.5) is 5.82 Å². The third kappa shape index (κ3) is 3.12. The van der Waals surface area contributed by atoms with Crippen molar-refractivity contribution >= 4 is 51.6 Å². The number of halogens is 3. The number of rotatable bonds is 2. The Morgan fingerprint density at radius 1 is 1.21 bits per heavy atom. The second-order valence-electron chi connectivity index (χ2n) is 4.41. The van der Waals surface area contributed by atoms with E-state index in [1.165, 1.54) is 0 Å². The molecule has 0 aliphatic heterocycles. The van der Waals surface area contributed by atoms with Gasteiger partial charge in [0.05, 0.1) is 14.3 Å². The maximum atomic E-state index is 6.17. The van der Waals surface area contributed by atoms with Crippen LogP contribution in [0, 0.1) is 3.57 Å². The first kappa shape index (κ1) is 14.8. The van der Waals surface area contributed by atoms with E-state index in [-0.39, 0.29) is 5.92 Å². The van der Waals surface area contributed by atoms with Crippen molar-refractivity contribution in [3.05, 3.63) is 37.5 Å². The molecular weight excluding hydrogens is 396 g/mol. The Morgan fingerprint density at radius 3 is 2.53 bits per heavy atom. The first-order valence-corrected chi connectivity index (χ1v) is 7.52. The van der Waals surface area contributed by atoms with Gasteiger partial charge < -0.3 is 5.73 Å². The molecule has 0 atom stereocenters. The van der Waals surface area contributed by atoms with Crippen LogP contribution in [0.2, 0.25) is 10.0 Å². The molecule has 3 nitrogen and oxygen atoms in total. The Balaban J connectivity index is 2.66. The van der Waals surface area contributed by atoms with Gasteiger partial charge in [0.25, 0.3) is 0 Å². The number of nitrogens with two attached hydrogens (primary N) is 1. The van der Waals surface area contributed by atoms with E-state index in [0.717, 1.165) is 9.26 Å². The molecule has 19 heavy (non-hydrogen) atoms. The highest BCUT2D eigenvalue weighted by Gasteiger charge is 2.15. The average molecular weight is 408 g/mol. The van der Waals surface area contributed by atoms with Gasteiger partial charge in [-0.15, -0.1) is 0 Å². The van der Waals surface area contributed by atoms with E-state index in [0.29, 0.717) is 27.3 Å². The van der Waals surface area contributed by atoms with Gasteiger partial charge in [0.2, 0.25) is 0 Å². The van der Waals surface area contributed by atoms with Crippen molar-refractivity contribution in [3.8, 4) is 11.4 Å². The lowest BCUT2D eigenvalue weighted by molar-refractivity contribution is 0.810. The molecule has 0 spiro atoms. The molecule has 0 aliphatic carbocycles. The van der Waals surface area contributed by atoms with Crippen molar-refractivity contribution in [2.45, 2.75) is 19.8 Å². The van der Waals surface area contributed by atoms with Crippen LogP contribution in [0.15, 0.2) is 18.2 Å². The Bertz CT molecular complexity index is 630. The molecule has 0 fully saturated rings. The molecule has 0 aliphatic rings. The van der Waals surface area contributed by atoms with Crippen LogP contribution in [0.1, 0.15) is 25.5 Å². The topological polar surface area (TPSA) is 51.8 Å². The number of hydrogen-bond acceptors (Lipinski definition) is 3. The number of anilines is 1. The summed E-state index contributed by atoms with van der Waals surface area (Å²) in [5, 5.41) is 1.14. The standard InChI is InChI=1S/C13H12Cl2IN3/c1-6(2)11-10(16)12(17)19-13(18-11)8-5-7(14)3-4-9(8)15/h3-6H,1-2H3,(H2,17,18,19). The van der Waals surface area contributed by atoms with Gasteiger partial charge >= 0.3 is 0 Å². The minimum Gasteiger partial charge on any atom is -0.383 e. The zero-order valence-electron chi connectivity index (χ0n) is 10.4. The van der Waals surface area contributed by atoms with E-state index in [4.69, 9.17) is 28.9 Å². The summed E-state index contributed by atoms with van der Waals surface area (Å²) in [5.41, 5.74) is 7.56. The van der Waals surface area contributed by atoms with E-state index in [1.54, 1.807) is 18.2 Å². The first-order valence-electron chi connectivity index (χ1n) is 5.68. The number of nitrogens with zero attached hydrogens (tertiary/aromatic N) is 2. The van der Waals surface area contributed by atoms with Crippen LogP contribution in [-0.4, -0.2) is 9.97 Å². The minimum atomic E-state index is 0.258. The maximum absolute atomic E-state index is 6.17. The van der Waals surface area contributed by atoms with E-state index >= 15 is 0 Å². The van der Waals surface area contributed by atoms with E-state index in [1.807, 2.05) is 0 Å². The summed E-state index contributed by atoms with van der Waals surface area (Å²) in [6, 6.07) is 5.20. The number of benzene rings is 1. The molecule has 0 saturated carbocycles.